The molecule has 1 aromatic carbocycles. The third-order valence-corrected chi connectivity index (χ3v) is 4.20. The first-order valence-electron chi connectivity index (χ1n) is 6.33. The summed E-state index contributed by atoms with van der Waals surface area (Å²) in [6.07, 6.45) is 2.90. The van der Waals surface area contributed by atoms with Crippen LogP contribution < -0.4 is 0 Å². The summed E-state index contributed by atoms with van der Waals surface area (Å²) >= 11 is 0. The summed E-state index contributed by atoms with van der Waals surface area (Å²) in [5.74, 6) is 0.451. The lowest BCUT2D eigenvalue weighted by molar-refractivity contribution is 0.616. The Hall–Kier alpha value is -1.70. The Balaban J connectivity index is 2.16. The van der Waals surface area contributed by atoms with E-state index in [-0.39, 0.29) is 11.2 Å². The first kappa shape index (κ1) is 11.4. The third-order valence-electron chi connectivity index (χ3n) is 4.20. The molecule has 92 valence electrons. The molecule has 18 heavy (non-hydrogen) atoms. The fourth-order valence-electron chi connectivity index (χ4n) is 2.69. The molecule has 2 aromatic rings. The Bertz CT molecular complexity index is 579. The first-order chi connectivity index (χ1) is 8.61. The van der Waals surface area contributed by atoms with Crippen molar-refractivity contribution < 1.29 is 4.39 Å². The average molecular weight is 241 g/mol. The summed E-state index contributed by atoms with van der Waals surface area (Å²) in [5.41, 5.74) is 3.18. The Morgan fingerprint density at radius 2 is 2.06 bits per heavy atom. The van der Waals surface area contributed by atoms with Crippen LogP contribution in [0.15, 0.2) is 42.6 Å². The summed E-state index contributed by atoms with van der Waals surface area (Å²) in [7, 11) is 0. The highest BCUT2D eigenvalue weighted by atomic mass is 19.1. The molecule has 2 unspecified atom stereocenters. The van der Waals surface area contributed by atoms with Gasteiger partial charge in [-0.15, -0.1) is 0 Å². The van der Waals surface area contributed by atoms with E-state index in [0.29, 0.717) is 5.92 Å². The molecule has 0 bridgehead atoms. The second-order valence-corrected chi connectivity index (χ2v) is 5.43. The predicted molar refractivity (Wildman–Crippen MR) is 70.8 cm³/mol. The van der Waals surface area contributed by atoms with Crippen molar-refractivity contribution in [1.82, 2.24) is 4.98 Å². The highest BCUT2D eigenvalue weighted by molar-refractivity contribution is 5.66. The first-order valence-corrected chi connectivity index (χ1v) is 6.33. The Labute approximate surface area is 107 Å². The lowest BCUT2D eigenvalue weighted by atomic mass is 9.89. The zero-order valence-corrected chi connectivity index (χ0v) is 10.7. The minimum absolute atomic E-state index is 0.106. The van der Waals surface area contributed by atoms with Crippen molar-refractivity contribution >= 4 is 0 Å². The van der Waals surface area contributed by atoms with Crippen LogP contribution in [0, 0.1) is 11.7 Å². The van der Waals surface area contributed by atoms with Crippen LogP contribution >= 0.6 is 0 Å². The minimum atomic E-state index is -0.162. The highest BCUT2D eigenvalue weighted by Gasteiger charge is 2.49. The molecule has 1 heterocycles. The van der Waals surface area contributed by atoms with Gasteiger partial charge in [0, 0.05) is 11.8 Å². The maximum atomic E-state index is 13.5. The molecule has 1 aliphatic carbocycles. The van der Waals surface area contributed by atoms with Gasteiger partial charge < -0.3 is 0 Å². The molecular formula is C16H16FN. The van der Waals surface area contributed by atoms with Crippen LogP contribution in [0.1, 0.15) is 25.8 Å². The molecule has 1 aromatic heterocycles. The Morgan fingerprint density at radius 1 is 1.28 bits per heavy atom. The topological polar surface area (TPSA) is 12.9 Å². The van der Waals surface area contributed by atoms with Gasteiger partial charge in [0.2, 0.25) is 0 Å². The molecule has 1 aliphatic rings. The van der Waals surface area contributed by atoms with E-state index < -0.39 is 0 Å². The fourth-order valence-corrected chi connectivity index (χ4v) is 2.69. The molecule has 2 atom stereocenters. The lowest BCUT2D eigenvalue weighted by Gasteiger charge is -2.16. The van der Waals surface area contributed by atoms with Gasteiger partial charge in [-0.25, -0.2) is 4.39 Å². The van der Waals surface area contributed by atoms with E-state index in [0.717, 1.165) is 23.2 Å². The van der Waals surface area contributed by atoms with Crippen molar-refractivity contribution in [2.75, 3.05) is 0 Å². The van der Waals surface area contributed by atoms with Gasteiger partial charge in [-0.05, 0) is 53.6 Å². The molecule has 0 spiro atoms. The van der Waals surface area contributed by atoms with Gasteiger partial charge >= 0.3 is 0 Å². The van der Waals surface area contributed by atoms with Crippen LogP contribution in [0.2, 0.25) is 0 Å². The molecule has 1 fully saturated rings. The summed E-state index contributed by atoms with van der Waals surface area (Å²) in [6, 6.07) is 10.9. The second-order valence-electron chi connectivity index (χ2n) is 5.43. The highest BCUT2D eigenvalue weighted by Crippen LogP contribution is 2.55. The van der Waals surface area contributed by atoms with E-state index >= 15 is 0 Å². The number of pyridine rings is 1. The molecule has 0 saturated heterocycles. The van der Waals surface area contributed by atoms with Crippen LogP contribution in [0.4, 0.5) is 4.39 Å². The summed E-state index contributed by atoms with van der Waals surface area (Å²) in [4.78, 5) is 4.38. The Kier molecular flexibility index (Phi) is 2.47. The van der Waals surface area contributed by atoms with Crippen molar-refractivity contribution in [3.05, 3.63) is 54.0 Å². The van der Waals surface area contributed by atoms with E-state index in [4.69, 9.17) is 0 Å². The molecule has 0 radical (unpaired) electrons. The molecule has 0 amide bonds. The number of aromatic nitrogens is 1. The third kappa shape index (κ3) is 1.72. The molecule has 0 aliphatic heterocycles. The van der Waals surface area contributed by atoms with E-state index in [9.17, 15) is 4.39 Å². The number of rotatable bonds is 2. The van der Waals surface area contributed by atoms with Crippen LogP contribution in [0.3, 0.4) is 0 Å². The number of hydrogen-bond acceptors (Lipinski definition) is 1. The minimum Gasteiger partial charge on any atom is -0.256 e. The molecule has 1 nitrogen and oxygen atoms in total. The van der Waals surface area contributed by atoms with Crippen LogP contribution in [0.25, 0.3) is 11.3 Å². The monoisotopic (exact) mass is 241 g/mol. The van der Waals surface area contributed by atoms with Gasteiger partial charge in [-0.1, -0.05) is 19.9 Å². The van der Waals surface area contributed by atoms with E-state index in [1.165, 1.54) is 6.07 Å². The molecule has 2 heteroatoms. The van der Waals surface area contributed by atoms with Crippen LogP contribution in [0.5, 0.6) is 0 Å². The van der Waals surface area contributed by atoms with Crippen molar-refractivity contribution in [3.63, 3.8) is 0 Å². The fraction of sp³-hybridized carbons (Fsp3) is 0.312. The normalized spacial score (nSPS) is 26.1. The second kappa shape index (κ2) is 3.91. The Morgan fingerprint density at radius 3 is 2.67 bits per heavy atom. The molecule has 3 rings (SSSR count). The zero-order valence-electron chi connectivity index (χ0n) is 10.7. The van der Waals surface area contributed by atoms with Crippen LogP contribution in [-0.4, -0.2) is 4.98 Å². The van der Waals surface area contributed by atoms with Crippen molar-refractivity contribution in [2.24, 2.45) is 5.92 Å². The molecule has 0 N–H and O–H groups in total. The van der Waals surface area contributed by atoms with Gasteiger partial charge in [-0.2, -0.15) is 0 Å². The number of nitrogens with zero attached hydrogens (tertiary/aromatic N) is 1. The SMILES string of the molecule is CC1CC1(C)c1cc(F)ccc1-c1ccccn1. The predicted octanol–water partition coefficient (Wildman–Crippen LogP) is 4.19. The maximum absolute atomic E-state index is 13.5. The van der Waals surface area contributed by atoms with E-state index in [1.54, 1.807) is 12.3 Å². The summed E-state index contributed by atoms with van der Waals surface area (Å²) in [5, 5.41) is 0. The number of benzene rings is 1. The summed E-state index contributed by atoms with van der Waals surface area (Å²) < 4.78 is 13.5. The number of halogens is 1. The smallest absolute Gasteiger partial charge is 0.123 e. The van der Waals surface area contributed by atoms with Crippen molar-refractivity contribution in [3.8, 4) is 11.3 Å². The van der Waals surface area contributed by atoms with Gasteiger partial charge in [0.1, 0.15) is 5.82 Å². The van der Waals surface area contributed by atoms with Crippen molar-refractivity contribution in [1.29, 1.82) is 0 Å². The van der Waals surface area contributed by atoms with E-state index in [1.807, 2.05) is 24.3 Å². The molecular weight excluding hydrogens is 225 g/mol. The summed E-state index contributed by atoms with van der Waals surface area (Å²) in [6.45, 7) is 4.42. The quantitative estimate of drug-likeness (QED) is 0.768. The van der Waals surface area contributed by atoms with Gasteiger partial charge in [0.25, 0.3) is 0 Å². The standard InChI is InChI=1S/C16H16FN/c1-11-10-16(11,2)14-9-12(17)6-7-13(14)15-5-3-4-8-18-15/h3-9,11H,10H2,1-2H3. The largest absolute Gasteiger partial charge is 0.256 e. The van der Waals surface area contributed by atoms with Crippen LogP contribution in [-0.2, 0) is 5.41 Å². The molecule has 1 saturated carbocycles. The van der Waals surface area contributed by atoms with Gasteiger partial charge in [0.05, 0.1) is 5.69 Å². The van der Waals surface area contributed by atoms with Gasteiger partial charge in [-0.3, -0.25) is 4.98 Å². The average Bonchev–Trinajstić information content (AvgIpc) is 3.00. The van der Waals surface area contributed by atoms with E-state index in [2.05, 4.69) is 18.8 Å². The van der Waals surface area contributed by atoms with Gasteiger partial charge in [0.15, 0.2) is 0 Å². The zero-order chi connectivity index (χ0) is 12.8. The van der Waals surface area contributed by atoms with Crippen molar-refractivity contribution in [2.45, 2.75) is 25.7 Å². The number of hydrogen-bond donors (Lipinski definition) is 0. The lowest BCUT2D eigenvalue weighted by Crippen LogP contribution is -2.06. The maximum Gasteiger partial charge on any atom is 0.123 e.